The summed E-state index contributed by atoms with van der Waals surface area (Å²) in [5.41, 5.74) is -0.323. The molecule has 1 aromatic rings. The Kier molecular flexibility index (Phi) is 5.08. The maximum Gasteiger partial charge on any atom is 0.257 e. The van der Waals surface area contributed by atoms with Gasteiger partial charge in [-0.05, 0) is 37.5 Å². The third-order valence-corrected chi connectivity index (χ3v) is 4.53. The lowest BCUT2D eigenvalue weighted by molar-refractivity contribution is -0.141. The Morgan fingerprint density at radius 1 is 1.08 bits per heavy atom. The number of rotatable bonds is 2. The quantitative estimate of drug-likeness (QED) is 0.826. The van der Waals surface area contributed by atoms with Crippen molar-refractivity contribution in [2.75, 3.05) is 32.8 Å². The molecule has 1 atom stereocenters. The largest absolute Gasteiger partial charge is 0.378 e. The number of likely N-dealkylation sites (tertiary alicyclic amines) is 1. The van der Waals surface area contributed by atoms with Crippen LogP contribution in [0.5, 0.6) is 0 Å². The minimum absolute atomic E-state index is 0.136. The number of hydrogen-bond donors (Lipinski definition) is 0. The van der Waals surface area contributed by atoms with Crippen LogP contribution >= 0.6 is 0 Å². The standard InChI is InChI=1S/C17H20F2N2O3/c18-12-4-5-14(19)13(11-12)16(22)21-6-2-1-3-15(21)17(23)20-7-9-24-10-8-20/h4-5,11,15H,1-3,6-10H2/t15-/m1/s1. The fourth-order valence-corrected chi connectivity index (χ4v) is 3.24. The van der Waals surface area contributed by atoms with Gasteiger partial charge < -0.3 is 14.5 Å². The molecule has 0 radical (unpaired) electrons. The molecule has 3 rings (SSSR count). The van der Waals surface area contributed by atoms with E-state index in [0.717, 1.165) is 31.0 Å². The Bertz CT molecular complexity index is 632. The van der Waals surface area contributed by atoms with Gasteiger partial charge >= 0.3 is 0 Å². The van der Waals surface area contributed by atoms with Crippen molar-refractivity contribution in [1.29, 1.82) is 0 Å². The normalized spacial score (nSPS) is 21.7. The third-order valence-electron chi connectivity index (χ3n) is 4.53. The SMILES string of the molecule is O=C([C@H]1CCCCN1C(=O)c1cc(F)ccc1F)N1CCOCC1. The van der Waals surface area contributed by atoms with Crippen molar-refractivity contribution >= 4 is 11.8 Å². The molecule has 0 unspecified atom stereocenters. The van der Waals surface area contributed by atoms with Crippen LogP contribution in [-0.2, 0) is 9.53 Å². The number of morpholine rings is 1. The second kappa shape index (κ2) is 7.25. The first-order chi connectivity index (χ1) is 11.6. The highest BCUT2D eigenvalue weighted by molar-refractivity contribution is 5.98. The highest BCUT2D eigenvalue weighted by atomic mass is 19.1. The zero-order chi connectivity index (χ0) is 17.1. The van der Waals surface area contributed by atoms with Gasteiger partial charge in [-0.1, -0.05) is 0 Å². The Balaban J connectivity index is 1.82. The Morgan fingerprint density at radius 3 is 2.58 bits per heavy atom. The molecule has 0 N–H and O–H groups in total. The molecule has 2 fully saturated rings. The van der Waals surface area contributed by atoms with Gasteiger partial charge in [0.2, 0.25) is 5.91 Å². The number of ether oxygens (including phenoxy) is 1. The average molecular weight is 338 g/mol. The van der Waals surface area contributed by atoms with Gasteiger partial charge in [0.25, 0.3) is 5.91 Å². The van der Waals surface area contributed by atoms with Crippen LogP contribution in [0.3, 0.4) is 0 Å². The summed E-state index contributed by atoms with van der Waals surface area (Å²) in [7, 11) is 0. The maximum atomic E-state index is 13.9. The Hall–Kier alpha value is -2.02. The number of carbonyl (C=O) groups excluding carboxylic acids is 2. The topological polar surface area (TPSA) is 49.9 Å². The zero-order valence-corrected chi connectivity index (χ0v) is 13.3. The number of hydrogen-bond acceptors (Lipinski definition) is 3. The molecule has 1 aromatic carbocycles. The van der Waals surface area contributed by atoms with Gasteiger partial charge in [0.15, 0.2) is 0 Å². The molecule has 2 saturated heterocycles. The maximum absolute atomic E-state index is 13.9. The van der Waals surface area contributed by atoms with Crippen LogP contribution < -0.4 is 0 Å². The van der Waals surface area contributed by atoms with Crippen LogP contribution in [0.15, 0.2) is 18.2 Å². The molecule has 0 bridgehead atoms. The van der Waals surface area contributed by atoms with Crippen molar-refractivity contribution in [3.05, 3.63) is 35.4 Å². The van der Waals surface area contributed by atoms with Crippen LogP contribution in [-0.4, -0.2) is 60.5 Å². The van der Waals surface area contributed by atoms with Gasteiger partial charge in [-0.3, -0.25) is 9.59 Å². The number of nitrogens with zero attached hydrogens (tertiary/aromatic N) is 2. The molecule has 0 aliphatic carbocycles. The van der Waals surface area contributed by atoms with Crippen LogP contribution in [0.25, 0.3) is 0 Å². The van der Waals surface area contributed by atoms with E-state index in [4.69, 9.17) is 4.74 Å². The monoisotopic (exact) mass is 338 g/mol. The molecular weight excluding hydrogens is 318 g/mol. The van der Waals surface area contributed by atoms with E-state index in [0.29, 0.717) is 39.3 Å². The summed E-state index contributed by atoms with van der Waals surface area (Å²) >= 11 is 0. The van der Waals surface area contributed by atoms with Crippen molar-refractivity contribution in [3.8, 4) is 0 Å². The number of amides is 2. The van der Waals surface area contributed by atoms with E-state index in [1.807, 2.05) is 0 Å². The summed E-state index contributed by atoms with van der Waals surface area (Å²) in [6.45, 7) is 2.31. The first-order valence-corrected chi connectivity index (χ1v) is 8.20. The summed E-state index contributed by atoms with van der Waals surface area (Å²) in [6.07, 6.45) is 2.12. The molecule has 24 heavy (non-hydrogen) atoms. The predicted molar refractivity (Wildman–Crippen MR) is 82.4 cm³/mol. The summed E-state index contributed by atoms with van der Waals surface area (Å²) in [5, 5.41) is 0. The van der Waals surface area contributed by atoms with Crippen LogP contribution in [0.4, 0.5) is 8.78 Å². The number of halogens is 2. The molecule has 2 aliphatic heterocycles. The van der Waals surface area contributed by atoms with E-state index >= 15 is 0 Å². The van der Waals surface area contributed by atoms with Gasteiger partial charge in [0, 0.05) is 19.6 Å². The minimum atomic E-state index is -0.774. The smallest absolute Gasteiger partial charge is 0.257 e. The molecule has 0 aromatic heterocycles. The number of piperidine rings is 1. The first kappa shape index (κ1) is 16.8. The molecular formula is C17H20F2N2O3. The Morgan fingerprint density at radius 2 is 1.83 bits per heavy atom. The molecule has 7 heteroatoms. The summed E-state index contributed by atoms with van der Waals surface area (Å²) < 4.78 is 32.6. The lowest BCUT2D eigenvalue weighted by Crippen LogP contribution is -2.55. The second-order valence-corrected chi connectivity index (χ2v) is 6.07. The van der Waals surface area contributed by atoms with E-state index in [2.05, 4.69) is 0 Å². The fraction of sp³-hybridized carbons (Fsp3) is 0.529. The fourth-order valence-electron chi connectivity index (χ4n) is 3.24. The lowest BCUT2D eigenvalue weighted by atomic mass is 9.99. The van der Waals surface area contributed by atoms with Crippen LogP contribution in [0, 0.1) is 11.6 Å². The lowest BCUT2D eigenvalue weighted by Gasteiger charge is -2.38. The molecule has 2 heterocycles. The van der Waals surface area contributed by atoms with Gasteiger partial charge in [-0.2, -0.15) is 0 Å². The molecule has 2 aliphatic rings. The van der Waals surface area contributed by atoms with Crippen molar-refractivity contribution in [2.24, 2.45) is 0 Å². The number of carbonyl (C=O) groups is 2. The Labute approximate surface area is 139 Å². The van der Waals surface area contributed by atoms with E-state index in [1.165, 1.54) is 4.90 Å². The summed E-state index contributed by atoms with van der Waals surface area (Å²) in [4.78, 5) is 28.5. The molecule has 0 saturated carbocycles. The summed E-state index contributed by atoms with van der Waals surface area (Å²) in [6, 6.07) is 2.18. The molecule has 0 spiro atoms. The van der Waals surface area contributed by atoms with Crippen molar-refractivity contribution < 1.29 is 23.1 Å². The van der Waals surface area contributed by atoms with E-state index < -0.39 is 23.6 Å². The average Bonchev–Trinajstić information content (AvgIpc) is 2.63. The van der Waals surface area contributed by atoms with Crippen molar-refractivity contribution in [1.82, 2.24) is 9.80 Å². The van der Waals surface area contributed by atoms with Crippen LogP contribution in [0.1, 0.15) is 29.6 Å². The van der Waals surface area contributed by atoms with Gasteiger partial charge in [0.1, 0.15) is 17.7 Å². The highest BCUT2D eigenvalue weighted by Crippen LogP contribution is 2.23. The van der Waals surface area contributed by atoms with E-state index in [1.54, 1.807) is 4.90 Å². The molecule has 130 valence electrons. The first-order valence-electron chi connectivity index (χ1n) is 8.20. The van der Waals surface area contributed by atoms with Gasteiger partial charge in [-0.25, -0.2) is 8.78 Å². The van der Waals surface area contributed by atoms with Gasteiger partial charge in [0.05, 0.1) is 18.8 Å². The third kappa shape index (κ3) is 3.40. The number of benzene rings is 1. The second-order valence-electron chi connectivity index (χ2n) is 6.07. The molecule has 5 nitrogen and oxygen atoms in total. The van der Waals surface area contributed by atoms with Gasteiger partial charge in [-0.15, -0.1) is 0 Å². The van der Waals surface area contributed by atoms with E-state index in [9.17, 15) is 18.4 Å². The molecule has 2 amide bonds. The minimum Gasteiger partial charge on any atom is -0.378 e. The van der Waals surface area contributed by atoms with E-state index in [-0.39, 0.29) is 11.5 Å². The van der Waals surface area contributed by atoms with Crippen molar-refractivity contribution in [3.63, 3.8) is 0 Å². The zero-order valence-electron chi connectivity index (χ0n) is 13.3. The van der Waals surface area contributed by atoms with Crippen LogP contribution in [0.2, 0.25) is 0 Å². The highest BCUT2D eigenvalue weighted by Gasteiger charge is 2.36. The predicted octanol–water partition coefficient (Wildman–Crippen LogP) is 1.82. The summed E-state index contributed by atoms with van der Waals surface area (Å²) in [5.74, 6) is -2.21. The van der Waals surface area contributed by atoms with Crippen molar-refractivity contribution in [2.45, 2.75) is 25.3 Å².